The molecule has 3 N–H and O–H groups in total. The highest BCUT2D eigenvalue weighted by Gasteiger charge is 2.20. The Morgan fingerprint density at radius 2 is 1.96 bits per heavy atom. The van der Waals surface area contributed by atoms with E-state index >= 15 is 0 Å². The van der Waals surface area contributed by atoms with Gasteiger partial charge in [-0.1, -0.05) is 13.8 Å². The fourth-order valence-electron chi connectivity index (χ4n) is 2.13. The van der Waals surface area contributed by atoms with Crippen molar-refractivity contribution < 1.29 is 23.1 Å². The maximum absolute atomic E-state index is 12.3. The predicted molar refractivity (Wildman–Crippen MR) is 93.0 cm³/mol. The first kappa shape index (κ1) is 20.4. The van der Waals surface area contributed by atoms with E-state index in [1.807, 2.05) is 0 Å². The van der Waals surface area contributed by atoms with E-state index in [4.69, 9.17) is 4.74 Å². The van der Waals surface area contributed by atoms with Crippen LogP contribution < -0.4 is 10.0 Å². The van der Waals surface area contributed by atoms with E-state index < -0.39 is 22.0 Å². The van der Waals surface area contributed by atoms with Crippen molar-refractivity contribution in [2.45, 2.75) is 38.1 Å². The largest absolute Gasteiger partial charge is 0.478 e. The lowest BCUT2D eigenvalue weighted by atomic mass is 10.1. The van der Waals surface area contributed by atoms with Crippen molar-refractivity contribution in [1.82, 2.24) is 4.72 Å². The van der Waals surface area contributed by atoms with Crippen LogP contribution in [0.3, 0.4) is 0 Å². The van der Waals surface area contributed by atoms with Crippen LogP contribution >= 0.6 is 0 Å². The SMILES string of the molecule is COCC(C)NS(=O)(=O)c1ccc(NCCC(C)C)c(C(=O)O)c1. The van der Waals surface area contributed by atoms with Gasteiger partial charge in [-0.3, -0.25) is 0 Å². The number of hydrogen-bond donors (Lipinski definition) is 3. The molecule has 0 radical (unpaired) electrons. The molecule has 0 heterocycles. The zero-order chi connectivity index (χ0) is 18.3. The molecule has 0 aliphatic heterocycles. The molecule has 1 rings (SSSR count). The Bertz CT molecular complexity index is 658. The average molecular weight is 358 g/mol. The van der Waals surface area contributed by atoms with Crippen LogP contribution in [0.4, 0.5) is 5.69 Å². The number of rotatable bonds is 10. The number of nitrogens with one attached hydrogen (secondary N) is 2. The summed E-state index contributed by atoms with van der Waals surface area (Å²) in [6.45, 7) is 6.65. The molecule has 24 heavy (non-hydrogen) atoms. The highest BCUT2D eigenvalue weighted by molar-refractivity contribution is 7.89. The highest BCUT2D eigenvalue weighted by Crippen LogP contribution is 2.21. The topological polar surface area (TPSA) is 105 Å². The number of aromatic carboxylic acids is 1. The molecule has 8 heteroatoms. The fourth-order valence-corrected chi connectivity index (χ4v) is 3.39. The van der Waals surface area contributed by atoms with Gasteiger partial charge < -0.3 is 15.2 Å². The third kappa shape index (κ3) is 6.10. The third-order valence-corrected chi connectivity index (χ3v) is 4.93. The Morgan fingerprint density at radius 3 is 2.50 bits per heavy atom. The van der Waals surface area contributed by atoms with E-state index in [1.54, 1.807) is 6.92 Å². The number of methoxy groups -OCH3 is 1. The van der Waals surface area contributed by atoms with Crippen LogP contribution in [0.15, 0.2) is 23.1 Å². The minimum atomic E-state index is -3.81. The molecule has 1 aromatic carbocycles. The highest BCUT2D eigenvalue weighted by atomic mass is 32.2. The normalized spacial score (nSPS) is 13.0. The fraction of sp³-hybridized carbons (Fsp3) is 0.562. The molecule has 7 nitrogen and oxygen atoms in total. The van der Waals surface area contributed by atoms with Gasteiger partial charge in [0.2, 0.25) is 10.0 Å². The second-order valence-electron chi connectivity index (χ2n) is 6.10. The van der Waals surface area contributed by atoms with Crippen molar-refractivity contribution in [2.75, 3.05) is 25.6 Å². The molecule has 136 valence electrons. The molecule has 0 aliphatic rings. The summed E-state index contributed by atoms with van der Waals surface area (Å²) in [5.74, 6) is -0.694. The summed E-state index contributed by atoms with van der Waals surface area (Å²) in [6, 6.07) is 3.63. The van der Waals surface area contributed by atoms with Crippen LogP contribution in [-0.4, -0.2) is 45.8 Å². The van der Waals surface area contributed by atoms with Crippen molar-refractivity contribution in [3.8, 4) is 0 Å². The third-order valence-electron chi connectivity index (χ3n) is 3.34. The van der Waals surface area contributed by atoms with E-state index in [1.165, 1.54) is 25.3 Å². The van der Waals surface area contributed by atoms with Gasteiger partial charge in [-0.25, -0.2) is 17.9 Å². The lowest BCUT2D eigenvalue weighted by molar-refractivity contribution is 0.0697. The molecule has 0 fully saturated rings. The van der Waals surface area contributed by atoms with Crippen molar-refractivity contribution >= 4 is 21.7 Å². The Hall–Kier alpha value is -1.64. The van der Waals surface area contributed by atoms with Gasteiger partial charge in [0.1, 0.15) is 0 Å². The van der Waals surface area contributed by atoms with Crippen LogP contribution in [-0.2, 0) is 14.8 Å². The number of sulfonamides is 1. The molecule has 0 amide bonds. The van der Waals surface area contributed by atoms with Crippen LogP contribution in [0.1, 0.15) is 37.6 Å². The summed E-state index contributed by atoms with van der Waals surface area (Å²) in [4.78, 5) is 11.4. The number of ether oxygens (including phenoxy) is 1. The summed E-state index contributed by atoms with van der Waals surface area (Å²) in [5.41, 5.74) is 0.341. The van der Waals surface area contributed by atoms with Gasteiger partial charge in [0.05, 0.1) is 17.1 Å². The van der Waals surface area contributed by atoms with Gasteiger partial charge in [-0.05, 0) is 37.5 Å². The quantitative estimate of drug-likeness (QED) is 0.592. The van der Waals surface area contributed by atoms with E-state index in [9.17, 15) is 18.3 Å². The maximum Gasteiger partial charge on any atom is 0.337 e. The smallest absolute Gasteiger partial charge is 0.337 e. The molecular weight excluding hydrogens is 332 g/mol. The van der Waals surface area contributed by atoms with Gasteiger partial charge in [-0.2, -0.15) is 0 Å². The molecule has 0 saturated carbocycles. The first-order valence-electron chi connectivity index (χ1n) is 7.80. The lowest BCUT2D eigenvalue weighted by Crippen LogP contribution is -2.35. The number of hydrogen-bond acceptors (Lipinski definition) is 5. The maximum atomic E-state index is 12.3. The minimum Gasteiger partial charge on any atom is -0.478 e. The summed E-state index contributed by atoms with van der Waals surface area (Å²) >= 11 is 0. The minimum absolute atomic E-state index is 0.0685. The van der Waals surface area contributed by atoms with Gasteiger partial charge in [0.25, 0.3) is 0 Å². The van der Waals surface area contributed by atoms with Gasteiger partial charge in [-0.15, -0.1) is 0 Å². The number of carboxylic acids is 1. The van der Waals surface area contributed by atoms with Gasteiger partial charge >= 0.3 is 5.97 Å². The van der Waals surface area contributed by atoms with Crippen LogP contribution in [0.25, 0.3) is 0 Å². The number of anilines is 1. The monoisotopic (exact) mass is 358 g/mol. The second-order valence-corrected chi connectivity index (χ2v) is 7.81. The lowest BCUT2D eigenvalue weighted by Gasteiger charge is -2.15. The molecule has 0 spiro atoms. The van der Waals surface area contributed by atoms with Crippen LogP contribution in [0.5, 0.6) is 0 Å². The van der Waals surface area contributed by atoms with Gasteiger partial charge in [0, 0.05) is 25.4 Å². The Labute approximate surface area is 143 Å². The molecule has 1 atom stereocenters. The van der Waals surface area contributed by atoms with E-state index in [0.717, 1.165) is 6.42 Å². The van der Waals surface area contributed by atoms with Gasteiger partial charge in [0.15, 0.2) is 0 Å². The Morgan fingerprint density at radius 1 is 1.29 bits per heavy atom. The number of benzene rings is 1. The predicted octanol–water partition coefficient (Wildman–Crippen LogP) is 2.16. The van der Waals surface area contributed by atoms with E-state index in [-0.39, 0.29) is 17.1 Å². The van der Waals surface area contributed by atoms with Crippen LogP contribution in [0, 0.1) is 5.92 Å². The molecule has 1 aromatic rings. The molecule has 0 aliphatic carbocycles. The Balaban J connectivity index is 3.02. The van der Waals surface area contributed by atoms with E-state index in [2.05, 4.69) is 23.9 Å². The molecule has 0 aromatic heterocycles. The first-order chi connectivity index (χ1) is 11.2. The summed E-state index contributed by atoms with van der Waals surface area (Å²) in [7, 11) is -2.33. The van der Waals surface area contributed by atoms with Crippen molar-refractivity contribution in [2.24, 2.45) is 5.92 Å². The average Bonchev–Trinajstić information content (AvgIpc) is 2.46. The molecule has 0 bridgehead atoms. The standard InChI is InChI=1S/C16H26N2O5S/c1-11(2)7-8-17-15-6-5-13(9-14(15)16(19)20)24(21,22)18-12(3)10-23-4/h5-6,9,11-12,17-18H,7-8,10H2,1-4H3,(H,19,20). The first-order valence-corrected chi connectivity index (χ1v) is 9.28. The van der Waals surface area contributed by atoms with E-state index in [0.29, 0.717) is 18.2 Å². The van der Waals surface area contributed by atoms with Crippen LogP contribution in [0.2, 0.25) is 0 Å². The zero-order valence-corrected chi connectivity index (χ0v) is 15.3. The Kier molecular flexibility index (Phi) is 7.65. The number of carboxylic acid groups (broad SMARTS) is 1. The van der Waals surface area contributed by atoms with Crippen molar-refractivity contribution in [1.29, 1.82) is 0 Å². The molecule has 0 saturated heterocycles. The summed E-state index contributed by atoms with van der Waals surface area (Å²) in [6.07, 6.45) is 0.884. The second kappa shape index (κ2) is 9.00. The molecule has 1 unspecified atom stereocenters. The molecular formula is C16H26N2O5S. The summed E-state index contributed by atoms with van der Waals surface area (Å²) < 4.78 is 32.0. The summed E-state index contributed by atoms with van der Waals surface area (Å²) in [5, 5.41) is 12.4. The number of carbonyl (C=O) groups is 1. The zero-order valence-electron chi connectivity index (χ0n) is 14.5. The van der Waals surface area contributed by atoms with Crippen molar-refractivity contribution in [3.05, 3.63) is 23.8 Å². The van der Waals surface area contributed by atoms with Crippen molar-refractivity contribution in [3.63, 3.8) is 0 Å².